The first kappa shape index (κ1) is 9.70. The van der Waals surface area contributed by atoms with E-state index in [4.69, 9.17) is 0 Å². The average molecular weight is 153 g/mol. The van der Waals surface area contributed by atoms with Crippen molar-refractivity contribution in [3.05, 3.63) is 0 Å². The van der Waals surface area contributed by atoms with Gasteiger partial charge in [0, 0.05) is 0 Å². The molecule has 0 rings (SSSR count). The topological polar surface area (TPSA) is 0 Å². The molecule has 0 atom stereocenters. The van der Waals surface area contributed by atoms with Crippen LogP contribution in [0.4, 0.5) is 0 Å². The molecule has 0 saturated heterocycles. The second-order valence-corrected chi connectivity index (χ2v) is 3.00. The van der Waals surface area contributed by atoms with Crippen LogP contribution in [0.5, 0.6) is 0 Å². The van der Waals surface area contributed by atoms with Crippen molar-refractivity contribution in [3.8, 4) is 0 Å². The van der Waals surface area contributed by atoms with Crippen molar-refractivity contribution in [2.45, 2.75) is 27.7 Å². The van der Waals surface area contributed by atoms with E-state index in [9.17, 15) is 0 Å². The van der Waals surface area contributed by atoms with Crippen LogP contribution in [0.25, 0.3) is 0 Å². The van der Waals surface area contributed by atoms with Gasteiger partial charge in [0.25, 0.3) is 0 Å². The Kier molecular flexibility index (Phi) is 4.23. The highest BCUT2D eigenvalue weighted by Crippen LogP contribution is 2.07. The molecule has 0 saturated carbocycles. The quantitative estimate of drug-likeness (QED) is 0.501. The van der Waals surface area contributed by atoms with Gasteiger partial charge in [-0.15, -0.1) is 17.0 Å². The third-order valence-corrected chi connectivity index (χ3v) is 0. The van der Waals surface area contributed by atoms with Crippen molar-refractivity contribution in [1.82, 2.24) is 0 Å². The monoisotopic (exact) mass is 152 g/mol. The van der Waals surface area contributed by atoms with Crippen molar-refractivity contribution in [2.24, 2.45) is 5.41 Å². The average Bonchev–Trinajstić information content (AvgIpc) is 0.722. The van der Waals surface area contributed by atoms with Gasteiger partial charge in [-0.2, -0.15) is 0 Å². The Balaban J connectivity index is 0. The lowest BCUT2D eigenvalue weighted by Crippen LogP contribution is -1.93. The zero-order valence-electron chi connectivity index (χ0n) is 4.91. The predicted molar refractivity (Wildman–Crippen MR) is 35.5 cm³/mol. The van der Waals surface area contributed by atoms with E-state index >= 15 is 0 Å². The molecule has 0 radical (unpaired) electrons. The first-order chi connectivity index (χ1) is 2.00. The molecular weight excluding hydrogens is 140 g/mol. The first-order valence-electron chi connectivity index (χ1n) is 2.00. The minimum absolute atomic E-state index is 0. The van der Waals surface area contributed by atoms with Gasteiger partial charge in [-0.25, -0.2) is 0 Å². The van der Waals surface area contributed by atoms with Gasteiger partial charge in [0.1, 0.15) is 0 Å². The molecular formula is C5H13Br. The van der Waals surface area contributed by atoms with E-state index in [2.05, 4.69) is 27.7 Å². The number of hydrogen-bond acceptors (Lipinski definition) is 0. The molecule has 0 fully saturated rings. The Bertz CT molecular complexity index is 19.4. The smallest absolute Gasteiger partial charge is 0.0411 e. The molecule has 0 N–H and O–H groups in total. The summed E-state index contributed by atoms with van der Waals surface area (Å²) in [7, 11) is 0. The highest BCUT2D eigenvalue weighted by Gasteiger charge is 1.95. The Hall–Kier alpha value is 0.480. The summed E-state index contributed by atoms with van der Waals surface area (Å²) in [6.07, 6.45) is 0. The molecule has 0 amide bonds. The molecule has 0 aromatic carbocycles. The fourth-order valence-corrected chi connectivity index (χ4v) is 0. The Morgan fingerprint density at radius 2 is 0.833 bits per heavy atom. The fourth-order valence-electron chi connectivity index (χ4n) is 0. The van der Waals surface area contributed by atoms with Crippen molar-refractivity contribution in [3.63, 3.8) is 0 Å². The van der Waals surface area contributed by atoms with Gasteiger partial charge >= 0.3 is 0 Å². The van der Waals surface area contributed by atoms with E-state index in [0.717, 1.165) is 0 Å². The molecule has 0 heterocycles. The van der Waals surface area contributed by atoms with Gasteiger partial charge in [0.2, 0.25) is 0 Å². The molecule has 0 nitrogen and oxygen atoms in total. The van der Waals surface area contributed by atoms with Gasteiger partial charge in [-0.3, -0.25) is 0 Å². The van der Waals surface area contributed by atoms with Crippen LogP contribution in [-0.2, 0) is 0 Å². The standard InChI is InChI=1S/C5H12.BrH/c1-5(2,3)4;/h1-4H3;1H. The Labute approximate surface area is 50.7 Å². The third kappa shape index (κ3) is 235. The maximum atomic E-state index is 2.19. The normalized spacial score (nSPS) is 10.0. The summed E-state index contributed by atoms with van der Waals surface area (Å²) < 4.78 is 0. The van der Waals surface area contributed by atoms with Gasteiger partial charge in [-0.05, 0) is 5.41 Å². The maximum absolute atomic E-state index is 2.19. The second-order valence-electron chi connectivity index (χ2n) is 3.00. The zero-order chi connectivity index (χ0) is 4.50. The third-order valence-electron chi connectivity index (χ3n) is 0. The molecule has 0 aromatic rings. The second kappa shape index (κ2) is 2.62. The van der Waals surface area contributed by atoms with Crippen LogP contribution < -0.4 is 0 Å². The minimum Gasteiger partial charge on any atom is -0.114 e. The lowest BCUT2D eigenvalue weighted by atomic mass is 10.0. The Morgan fingerprint density at radius 3 is 0.833 bits per heavy atom. The maximum Gasteiger partial charge on any atom is -0.0411 e. The molecule has 0 aromatic heterocycles. The molecule has 0 unspecified atom stereocenters. The molecule has 1 heteroatoms. The highest BCUT2D eigenvalue weighted by molar-refractivity contribution is 8.93. The summed E-state index contributed by atoms with van der Waals surface area (Å²) in [5.41, 5.74) is 0.500. The summed E-state index contributed by atoms with van der Waals surface area (Å²) in [5, 5.41) is 0. The summed E-state index contributed by atoms with van der Waals surface area (Å²) in [6, 6.07) is 0. The van der Waals surface area contributed by atoms with E-state index < -0.39 is 0 Å². The molecule has 0 aliphatic heterocycles. The summed E-state index contributed by atoms with van der Waals surface area (Å²) in [5.74, 6) is 0. The number of halogens is 1. The van der Waals surface area contributed by atoms with Crippen LogP contribution in [0, 0.1) is 5.41 Å². The van der Waals surface area contributed by atoms with E-state index in [0.29, 0.717) is 5.41 Å². The summed E-state index contributed by atoms with van der Waals surface area (Å²) in [4.78, 5) is 0. The molecule has 6 heavy (non-hydrogen) atoms. The highest BCUT2D eigenvalue weighted by atomic mass is 79.9. The fraction of sp³-hybridized carbons (Fsp3) is 1.00. The van der Waals surface area contributed by atoms with E-state index in [1.165, 1.54) is 0 Å². The van der Waals surface area contributed by atoms with Crippen molar-refractivity contribution in [1.29, 1.82) is 0 Å². The largest absolute Gasteiger partial charge is 0.114 e. The molecule has 0 bridgehead atoms. The van der Waals surface area contributed by atoms with E-state index in [1.54, 1.807) is 0 Å². The van der Waals surface area contributed by atoms with Crippen LogP contribution >= 0.6 is 17.0 Å². The van der Waals surface area contributed by atoms with E-state index in [-0.39, 0.29) is 17.0 Å². The van der Waals surface area contributed by atoms with Crippen molar-refractivity contribution >= 4 is 17.0 Å². The molecule has 0 spiro atoms. The lowest BCUT2D eigenvalue weighted by molar-refractivity contribution is 0.469. The van der Waals surface area contributed by atoms with Crippen molar-refractivity contribution in [2.75, 3.05) is 0 Å². The van der Waals surface area contributed by atoms with Crippen LogP contribution in [0.3, 0.4) is 0 Å². The lowest BCUT2D eigenvalue weighted by Gasteiger charge is -2.05. The van der Waals surface area contributed by atoms with Crippen molar-refractivity contribution < 1.29 is 0 Å². The van der Waals surface area contributed by atoms with Gasteiger partial charge in [0.15, 0.2) is 0 Å². The number of rotatable bonds is 0. The van der Waals surface area contributed by atoms with Crippen LogP contribution in [-0.4, -0.2) is 0 Å². The molecule has 0 aliphatic rings. The van der Waals surface area contributed by atoms with Gasteiger partial charge in [0.05, 0.1) is 0 Å². The predicted octanol–water partition coefficient (Wildman–Crippen LogP) is 2.63. The minimum atomic E-state index is 0. The first-order valence-corrected chi connectivity index (χ1v) is 2.00. The molecule has 0 aliphatic carbocycles. The van der Waals surface area contributed by atoms with E-state index in [1.807, 2.05) is 0 Å². The number of hydrogen-bond donors (Lipinski definition) is 0. The summed E-state index contributed by atoms with van der Waals surface area (Å²) in [6.45, 7) is 8.75. The van der Waals surface area contributed by atoms with Crippen LogP contribution in [0.1, 0.15) is 27.7 Å². The van der Waals surface area contributed by atoms with Crippen LogP contribution in [0.15, 0.2) is 0 Å². The zero-order valence-corrected chi connectivity index (χ0v) is 6.62. The van der Waals surface area contributed by atoms with Gasteiger partial charge in [-0.1, -0.05) is 27.7 Å². The SMILES string of the molecule is Br.CC(C)(C)C. The molecule has 40 valence electrons. The summed E-state index contributed by atoms with van der Waals surface area (Å²) >= 11 is 0. The van der Waals surface area contributed by atoms with Gasteiger partial charge < -0.3 is 0 Å². The Morgan fingerprint density at radius 1 is 0.833 bits per heavy atom. The van der Waals surface area contributed by atoms with Crippen LogP contribution in [0.2, 0.25) is 0 Å².